The average molecular weight is 384 g/mol. The molecule has 0 aliphatic rings. The minimum absolute atomic E-state index is 0.325. The number of aromatic nitrogens is 1. The van der Waals surface area contributed by atoms with E-state index in [1.807, 2.05) is 41.8 Å². The highest BCUT2D eigenvalue weighted by Gasteiger charge is 2.19. The molecule has 24 heavy (non-hydrogen) atoms. The summed E-state index contributed by atoms with van der Waals surface area (Å²) in [7, 11) is 0. The Bertz CT molecular complexity index is 924. The summed E-state index contributed by atoms with van der Waals surface area (Å²) in [5.74, 6) is -0.909. The number of aromatic carboxylic acids is 1. The van der Waals surface area contributed by atoms with Crippen LogP contribution < -0.4 is 0 Å². The fourth-order valence-electron chi connectivity index (χ4n) is 2.86. The van der Waals surface area contributed by atoms with Crippen LogP contribution in [-0.4, -0.2) is 15.6 Å². The highest BCUT2D eigenvalue weighted by Crippen LogP contribution is 2.31. The fourth-order valence-corrected chi connectivity index (χ4v) is 3.12. The highest BCUT2D eigenvalue weighted by molar-refractivity contribution is 9.10. The van der Waals surface area contributed by atoms with E-state index in [-0.39, 0.29) is 0 Å². The number of rotatable bonds is 3. The third-order valence-electron chi connectivity index (χ3n) is 4.37. The summed E-state index contributed by atoms with van der Waals surface area (Å²) in [5.41, 5.74) is 6.29. The van der Waals surface area contributed by atoms with Crippen LogP contribution in [-0.2, 0) is 0 Å². The van der Waals surface area contributed by atoms with E-state index in [9.17, 15) is 9.90 Å². The Morgan fingerprint density at radius 1 is 0.958 bits per heavy atom. The Balaban J connectivity index is 2.28. The topological polar surface area (TPSA) is 42.2 Å². The summed E-state index contributed by atoms with van der Waals surface area (Å²) in [6, 6.07) is 15.8. The summed E-state index contributed by atoms with van der Waals surface area (Å²) in [5, 5.41) is 9.52. The van der Waals surface area contributed by atoms with Crippen LogP contribution in [0.4, 0.5) is 0 Å². The standard InChI is InChI=1S/C20H18BrNO2/c1-12-4-5-15(10-13(12)2)19-11-18(20(23)24)14(3)22(19)17-8-6-16(21)7-9-17/h4-11H,1-3H3,(H,23,24). The molecule has 0 atom stereocenters. The van der Waals surface area contributed by atoms with Gasteiger partial charge >= 0.3 is 5.97 Å². The largest absolute Gasteiger partial charge is 0.478 e. The summed E-state index contributed by atoms with van der Waals surface area (Å²) < 4.78 is 2.99. The second-order valence-corrected chi connectivity index (χ2v) is 6.86. The molecule has 0 bridgehead atoms. The highest BCUT2D eigenvalue weighted by atomic mass is 79.9. The molecule has 1 aromatic heterocycles. The van der Waals surface area contributed by atoms with Gasteiger partial charge in [-0.3, -0.25) is 0 Å². The molecule has 0 spiro atoms. The molecule has 0 unspecified atom stereocenters. The molecular formula is C20H18BrNO2. The second-order valence-electron chi connectivity index (χ2n) is 5.94. The lowest BCUT2D eigenvalue weighted by molar-refractivity contribution is 0.0696. The normalized spacial score (nSPS) is 10.8. The number of carboxylic acid groups (broad SMARTS) is 1. The molecule has 0 saturated carbocycles. The van der Waals surface area contributed by atoms with Gasteiger partial charge in [-0.1, -0.05) is 28.1 Å². The van der Waals surface area contributed by atoms with Crippen LogP contribution in [0.3, 0.4) is 0 Å². The van der Waals surface area contributed by atoms with Crippen molar-refractivity contribution in [2.45, 2.75) is 20.8 Å². The molecule has 0 amide bonds. The first-order valence-corrected chi connectivity index (χ1v) is 8.47. The van der Waals surface area contributed by atoms with Gasteiger partial charge < -0.3 is 9.67 Å². The Morgan fingerprint density at radius 3 is 2.21 bits per heavy atom. The Labute approximate surface area is 149 Å². The zero-order valence-corrected chi connectivity index (χ0v) is 15.4. The molecule has 3 rings (SSSR count). The van der Waals surface area contributed by atoms with E-state index in [4.69, 9.17) is 0 Å². The van der Waals surface area contributed by atoms with Gasteiger partial charge in [0, 0.05) is 15.9 Å². The van der Waals surface area contributed by atoms with Crippen molar-refractivity contribution in [3.8, 4) is 16.9 Å². The summed E-state index contributed by atoms with van der Waals surface area (Å²) in [6.07, 6.45) is 0. The number of carboxylic acids is 1. The van der Waals surface area contributed by atoms with Crippen molar-refractivity contribution in [1.82, 2.24) is 4.57 Å². The third-order valence-corrected chi connectivity index (χ3v) is 4.89. The van der Waals surface area contributed by atoms with Crippen LogP contribution in [0.15, 0.2) is 53.0 Å². The summed E-state index contributed by atoms with van der Waals surface area (Å²) in [6.45, 7) is 5.98. The molecule has 3 nitrogen and oxygen atoms in total. The minimum atomic E-state index is -0.909. The quantitative estimate of drug-likeness (QED) is 0.645. The van der Waals surface area contributed by atoms with Crippen LogP contribution in [0.1, 0.15) is 27.2 Å². The number of hydrogen-bond donors (Lipinski definition) is 1. The first-order valence-electron chi connectivity index (χ1n) is 7.67. The van der Waals surface area contributed by atoms with Gasteiger partial charge in [0.2, 0.25) is 0 Å². The molecule has 1 heterocycles. The number of carbonyl (C=O) groups is 1. The van der Waals surface area contributed by atoms with Gasteiger partial charge in [-0.05, 0) is 73.9 Å². The molecular weight excluding hydrogens is 366 g/mol. The van der Waals surface area contributed by atoms with Crippen molar-refractivity contribution in [3.63, 3.8) is 0 Å². The Kier molecular flexibility index (Phi) is 4.33. The Hall–Kier alpha value is -2.33. The van der Waals surface area contributed by atoms with Gasteiger partial charge in [0.25, 0.3) is 0 Å². The average Bonchev–Trinajstić information content (AvgIpc) is 2.88. The molecule has 3 aromatic rings. The van der Waals surface area contributed by atoms with E-state index < -0.39 is 5.97 Å². The minimum Gasteiger partial charge on any atom is -0.478 e. The van der Waals surface area contributed by atoms with Gasteiger partial charge in [0.1, 0.15) is 0 Å². The molecule has 122 valence electrons. The van der Waals surface area contributed by atoms with Crippen LogP contribution in [0.2, 0.25) is 0 Å². The predicted octanol–water partition coefficient (Wildman–Crippen LogP) is 5.53. The lowest BCUT2D eigenvalue weighted by Crippen LogP contribution is -2.02. The third kappa shape index (κ3) is 2.89. The maximum absolute atomic E-state index is 11.6. The van der Waals surface area contributed by atoms with Crippen LogP contribution in [0, 0.1) is 20.8 Å². The van der Waals surface area contributed by atoms with Gasteiger partial charge in [0.05, 0.1) is 11.3 Å². The number of hydrogen-bond acceptors (Lipinski definition) is 1. The monoisotopic (exact) mass is 383 g/mol. The molecule has 2 aromatic carbocycles. The molecule has 1 N–H and O–H groups in total. The molecule has 0 saturated heterocycles. The zero-order chi connectivity index (χ0) is 17.4. The summed E-state index contributed by atoms with van der Waals surface area (Å²) in [4.78, 5) is 11.6. The first kappa shape index (κ1) is 16.5. The van der Waals surface area contributed by atoms with Crippen molar-refractivity contribution in [1.29, 1.82) is 0 Å². The number of benzene rings is 2. The lowest BCUT2D eigenvalue weighted by atomic mass is 10.0. The maximum Gasteiger partial charge on any atom is 0.337 e. The van der Waals surface area contributed by atoms with E-state index >= 15 is 0 Å². The van der Waals surface area contributed by atoms with E-state index in [2.05, 4.69) is 41.9 Å². The Morgan fingerprint density at radius 2 is 1.62 bits per heavy atom. The van der Waals surface area contributed by atoms with Crippen molar-refractivity contribution < 1.29 is 9.90 Å². The van der Waals surface area contributed by atoms with E-state index in [0.717, 1.165) is 27.1 Å². The number of halogens is 1. The zero-order valence-electron chi connectivity index (χ0n) is 13.8. The number of nitrogens with zero attached hydrogens (tertiary/aromatic N) is 1. The van der Waals surface area contributed by atoms with Crippen LogP contribution >= 0.6 is 15.9 Å². The fraction of sp³-hybridized carbons (Fsp3) is 0.150. The molecule has 0 radical (unpaired) electrons. The van der Waals surface area contributed by atoms with Crippen LogP contribution in [0.5, 0.6) is 0 Å². The predicted molar refractivity (Wildman–Crippen MR) is 100 cm³/mol. The SMILES string of the molecule is Cc1ccc(-c2cc(C(=O)O)c(C)n2-c2ccc(Br)cc2)cc1C. The van der Waals surface area contributed by atoms with Gasteiger partial charge in [-0.15, -0.1) is 0 Å². The molecule has 0 aliphatic heterocycles. The maximum atomic E-state index is 11.6. The van der Waals surface area contributed by atoms with Crippen LogP contribution in [0.25, 0.3) is 16.9 Å². The smallest absolute Gasteiger partial charge is 0.337 e. The van der Waals surface area contributed by atoms with E-state index in [0.29, 0.717) is 5.56 Å². The second kappa shape index (κ2) is 6.29. The first-order chi connectivity index (χ1) is 11.4. The van der Waals surface area contributed by atoms with Gasteiger partial charge in [-0.2, -0.15) is 0 Å². The lowest BCUT2D eigenvalue weighted by Gasteiger charge is -2.13. The molecule has 0 fully saturated rings. The van der Waals surface area contributed by atoms with Crippen molar-refractivity contribution in [2.75, 3.05) is 0 Å². The van der Waals surface area contributed by atoms with Gasteiger partial charge in [-0.25, -0.2) is 4.79 Å². The molecule has 4 heteroatoms. The van der Waals surface area contributed by atoms with Crippen molar-refractivity contribution in [2.24, 2.45) is 0 Å². The summed E-state index contributed by atoms with van der Waals surface area (Å²) >= 11 is 3.44. The van der Waals surface area contributed by atoms with Crippen molar-refractivity contribution in [3.05, 3.63) is 75.4 Å². The van der Waals surface area contributed by atoms with Crippen molar-refractivity contribution >= 4 is 21.9 Å². The molecule has 0 aliphatic carbocycles. The van der Waals surface area contributed by atoms with E-state index in [1.165, 1.54) is 11.1 Å². The van der Waals surface area contributed by atoms with Gasteiger partial charge in [0.15, 0.2) is 0 Å². The number of aryl methyl sites for hydroxylation is 2. The van der Waals surface area contributed by atoms with E-state index in [1.54, 1.807) is 6.07 Å².